The van der Waals surface area contributed by atoms with Gasteiger partial charge < -0.3 is 14.8 Å². The molecule has 26 heavy (non-hydrogen) atoms. The molecule has 0 heterocycles. The van der Waals surface area contributed by atoms with Crippen molar-refractivity contribution in [1.29, 1.82) is 0 Å². The normalized spacial score (nSPS) is 10.9. The summed E-state index contributed by atoms with van der Waals surface area (Å²) in [5.41, 5.74) is -0.194. The number of carbonyl (C=O) groups is 2. The third-order valence-electron chi connectivity index (χ3n) is 3.59. The molecule has 0 spiro atoms. The van der Waals surface area contributed by atoms with E-state index in [-0.39, 0.29) is 12.5 Å². The van der Waals surface area contributed by atoms with Gasteiger partial charge in [-0.25, -0.2) is 9.18 Å². The van der Waals surface area contributed by atoms with Gasteiger partial charge in [0.2, 0.25) is 0 Å². The van der Waals surface area contributed by atoms with Crippen molar-refractivity contribution in [2.75, 3.05) is 13.2 Å². The molecule has 6 heteroatoms. The van der Waals surface area contributed by atoms with Crippen molar-refractivity contribution in [3.63, 3.8) is 0 Å². The zero-order valence-corrected chi connectivity index (χ0v) is 14.8. The fourth-order valence-electron chi connectivity index (χ4n) is 2.19. The highest BCUT2D eigenvalue weighted by Gasteiger charge is 2.32. The molecule has 138 valence electrons. The molecule has 0 atom stereocenters. The van der Waals surface area contributed by atoms with Gasteiger partial charge in [-0.3, -0.25) is 4.79 Å². The molecule has 0 radical (unpaired) electrons. The van der Waals surface area contributed by atoms with Crippen LogP contribution in [-0.2, 0) is 20.7 Å². The minimum Gasteiger partial charge on any atom is -0.476 e. The van der Waals surface area contributed by atoms with E-state index in [0.29, 0.717) is 18.7 Å². The van der Waals surface area contributed by atoms with Crippen molar-refractivity contribution in [3.8, 4) is 5.75 Å². The second kappa shape index (κ2) is 8.99. The number of benzene rings is 2. The monoisotopic (exact) mass is 359 g/mol. The summed E-state index contributed by atoms with van der Waals surface area (Å²) in [4.78, 5) is 23.9. The van der Waals surface area contributed by atoms with Crippen LogP contribution in [0.1, 0.15) is 19.4 Å². The first-order chi connectivity index (χ1) is 12.4. The SMILES string of the molecule is CC(C)(Oc1ccc(F)cc1)C(=O)OCC(=O)NCCc1ccccc1. The lowest BCUT2D eigenvalue weighted by atomic mass is 10.1. The van der Waals surface area contributed by atoms with Crippen LogP contribution in [0.4, 0.5) is 4.39 Å². The Morgan fingerprint density at radius 2 is 1.69 bits per heavy atom. The van der Waals surface area contributed by atoms with Crippen LogP contribution < -0.4 is 10.1 Å². The molecule has 0 aliphatic heterocycles. The number of hydrogen-bond donors (Lipinski definition) is 1. The predicted octanol–water partition coefficient (Wildman–Crippen LogP) is 2.89. The summed E-state index contributed by atoms with van der Waals surface area (Å²) in [6.07, 6.45) is 0.694. The van der Waals surface area contributed by atoms with Gasteiger partial charge in [0.25, 0.3) is 5.91 Å². The van der Waals surface area contributed by atoms with Crippen LogP contribution in [0.25, 0.3) is 0 Å². The van der Waals surface area contributed by atoms with Gasteiger partial charge in [-0.1, -0.05) is 30.3 Å². The molecule has 0 bridgehead atoms. The average molecular weight is 359 g/mol. The summed E-state index contributed by atoms with van der Waals surface area (Å²) in [6.45, 7) is 3.11. The Bertz CT molecular complexity index is 729. The van der Waals surface area contributed by atoms with Crippen molar-refractivity contribution < 1.29 is 23.5 Å². The maximum absolute atomic E-state index is 12.9. The van der Waals surface area contributed by atoms with E-state index in [9.17, 15) is 14.0 Å². The first kappa shape index (κ1) is 19.4. The molecule has 0 aliphatic carbocycles. The molecule has 1 N–H and O–H groups in total. The van der Waals surface area contributed by atoms with Crippen LogP contribution in [0, 0.1) is 5.82 Å². The van der Waals surface area contributed by atoms with E-state index < -0.39 is 17.4 Å². The fraction of sp³-hybridized carbons (Fsp3) is 0.300. The molecule has 5 nitrogen and oxygen atoms in total. The first-order valence-corrected chi connectivity index (χ1v) is 8.29. The molecule has 2 rings (SSSR count). The number of esters is 1. The summed E-state index contributed by atoms with van der Waals surface area (Å²) in [7, 11) is 0. The molecule has 0 saturated carbocycles. The maximum atomic E-state index is 12.9. The molecule has 2 aromatic rings. The Hall–Kier alpha value is -2.89. The van der Waals surface area contributed by atoms with Crippen LogP contribution in [0.3, 0.4) is 0 Å². The Labute approximate surface area is 152 Å². The van der Waals surface area contributed by atoms with Crippen LogP contribution in [0.5, 0.6) is 5.75 Å². The van der Waals surface area contributed by atoms with Gasteiger partial charge in [0.15, 0.2) is 12.2 Å². The van der Waals surface area contributed by atoms with Gasteiger partial charge >= 0.3 is 5.97 Å². The van der Waals surface area contributed by atoms with Crippen LogP contribution in [-0.4, -0.2) is 30.6 Å². The van der Waals surface area contributed by atoms with E-state index in [1.807, 2.05) is 30.3 Å². The van der Waals surface area contributed by atoms with E-state index in [1.165, 1.54) is 38.1 Å². The zero-order chi connectivity index (χ0) is 19.0. The molecule has 0 aliphatic rings. The Morgan fingerprint density at radius 1 is 1.04 bits per heavy atom. The van der Waals surface area contributed by atoms with E-state index >= 15 is 0 Å². The largest absolute Gasteiger partial charge is 0.476 e. The lowest BCUT2D eigenvalue weighted by molar-refractivity contribution is -0.162. The van der Waals surface area contributed by atoms with Crippen molar-refractivity contribution in [1.82, 2.24) is 5.32 Å². The maximum Gasteiger partial charge on any atom is 0.350 e. The van der Waals surface area contributed by atoms with E-state index in [4.69, 9.17) is 9.47 Å². The third-order valence-corrected chi connectivity index (χ3v) is 3.59. The number of halogens is 1. The highest BCUT2D eigenvalue weighted by molar-refractivity contribution is 5.83. The molecule has 0 saturated heterocycles. The fourth-order valence-corrected chi connectivity index (χ4v) is 2.19. The van der Waals surface area contributed by atoms with Crippen molar-refractivity contribution in [3.05, 3.63) is 66.0 Å². The number of ether oxygens (including phenoxy) is 2. The van der Waals surface area contributed by atoms with Gasteiger partial charge in [-0.05, 0) is 50.1 Å². The van der Waals surface area contributed by atoms with E-state index in [2.05, 4.69) is 5.32 Å². The summed E-state index contributed by atoms with van der Waals surface area (Å²) in [6, 6.07) is 15.0. The highest BCUT2D eigenvalue weighted by atomic mass is 19.1. The molecule has 0 fully saturated rings. The second-order valence-electron chi connectivity index (χ2n) is 6.23. The van der Waals surface area contributed by atoms with Crippen LogP contribution in [0.15, 0.2) is 54.6 Å². The van der Waals surface area contributed by atoms with Gasteiger partial charge in [0.1, 0.15) is 11.6 Å². The minimum absolute atomic E-state index is 0.334. The number of hydrogen-bond acceptors (Lipinski definition) is 4. The molecular weight excluding hydrogens is 337 g/mol. The smallest absolute Gasteiger partial charge is 0.350 e. The van der Waals surface area contributed by atoms with Gasteiger partial charge in [-0.2, -0.15) is 0 Å². The van der Waals surface area contributed by atoms with Crippen LogP contribution in [0.2, 0.25) is 0 Å². The van der Waals surface area contributed by atoms with Crippen LogP contribution >= 0.6 is 0 Å². The van der Waals surface area contributed by atoms with Gasteiger partial charge in [-0.15, -0.1) is 0 Å². The quantitative estimate of drug-likeness (QED) is 0.736. The number of rotatable bonds is 8. The van der Waals surface area contributed by atoms with Crippen molar-refractivity contribution in [2.24, 2.45) is 0 Å². The molecule has 2 aromatic carbocycles. The zero-order valence-electron chi connectivity index (χ0n) is 14.8. The first-order valence-electron chi connectivity index (χ1n) is 8.29. The number of amides is 1. The Kier molecular flexibility index (Phi) is 6.72. The summed E-state index contributed by atoms with van der Waals surface area (Å²) < 4.78 is 23.4. The Morgan fingerprint density at radius 3 is 2.35 bits per heavy atom. The van der Waals surface area contributed by atoms with Crippen molar-refractivity contribution in [2.45, 2.75) is 25.9 Å². The molecule has 0 unspecified atom stereocenters. The van der Waals surface area contributed by atoms with Crippen molar-refractivity contribution >= 4 is 11.9 Å². The lowest BCUT2D eigenvalue weighted by Crippen LogP contribution is -2.41. The van der Waals surface area contributed by atoms with Gasteiger partial charge in [0.05, 0.1) is 0 Å². The minimum atomic E-state index is -1.30. The van der Waals surface area contributed by atoms with E-state index in [1.54, 1.807) is 0 Å². The lowest BCUT2D eigenvalue weighted by Gasteiger charge is -2.24. The second-order valence-corrected chi connectivity index (χ2v) is 6.23. The van der Waals surface area contributed by atoms with E-state index in [0.717, 1.165) is 5.56 Å². The summed E-state index contributed by atoms with van der Waals surface area (Å²) >= 11 is 0. The predicted molar refractivity (Wildman–Crippen MR) is 95.2 cm³/mol. The summed E-state index contributed by atoms with van der Waals surface area (Å²) in [5, 5.41) is 2.70. The third kappa shape index (κ3) is 6.20. The topological polar surface area (TPSA) is 64.6 Å². The summed E-state index contributed by atoms with van der Waals surface area (Å²) in [5.74, 6) is -1.13. The molecular formula is C20H22FNO4. The Balaban J connectivity index is 1.73. The highest BCUT2D eigenvalue weighted by Crippen LogP contribution is 2.19. The number of nitrogens with one attached hydrogen (secondary N) is 1. The van der Waals surface area contributed by atoms with Gasteiger partial charge in [0, 0.05) is 6.54 Å². The number of carbonyl (C=O) groups excluding carboxylic acids is 2. The molecule has 0 aromatic heterocycles. The molecule has 1 amide bonds. The standard InChI is InChI=1S/C20H22FNO4/c1-20(2,26-17-10-8-16(21)9-11-17)19(24)25-14-18(23)22-13-12-15-6-4-3-5-7-15/h3-11H,12-14H2,1-2H3,(H,22,23). The average Bonchev–Trinajstić information content (AvgIpc) is 2.62.